The molecule has 0 aliphatic rings. The lowest BCUT2D eigenvalue weighted by Gasteiger charge is -2.25. The summed E-state index contributed by atoms with van der Waals surface area (Å²) in [5.41, 5.74) is 5.20. The first-order valence-corrected chi connectivity index (χ1v) is 9.65. The van der Waals surface area contributed by atoms with Crippen molar-refractivity contribution in [3.05, 3.63) is 49.1 Å². The smallest absolute Gasteiger partial charge is 0.330 e. The maximum Gasteiger partial charge on any atom is 0.330 e. The number of hydrogen-bond donors (Lipinski definition) is 3. The normalized spacial score (nSPS) is 10.8. The number of anilines is 3. The molecule has 9 nitrogen and oxygen atoms in total. The molecule has 0 spiro atoms. The van der Waals surface area contributed by atoms with Gasteiger partial charge in [-0.2, -0.15) is 0 Å². The summed E-state index contributed by atoms with van der Waals surface area (Å²) in [6.07, 6.45) is 0.640. The highest BCUT2D eigenvalue weighted by Gasteiger charge is 2.21. The van der Waals surface area contributed by atoms with Crippen LogP contribution in [0.1, 0.15) is 13.3 Å². The first-order chi connectivity index (χ1) is 13.8. The number of H-pyrrole nitrogens is 1. The van der Waals surface area contributed by atoms with E-state index in [4.69, 9.17) is 33.7 Å². The second-order valence-electron chi connectivity index (χ2n) is 6.23. The molecule has 29 heavy (non-hydrogen) atoms. The molecule has 0 atom stereocenters. The highest BCUT2D eigenvalue weighted by atomic mass is 35.5. The third-order valence-corrected chi connectivity index (χ3v) is 4.64. The molecule has 1 amide bonds. The Hall–Kier alpha value is -2.49. The third kappa shape index (κ3) is 5.75. The quantitative estimate of drug-likeness (QED) is 0.543. The summed E-state index contributed by atoms with van der Waals surface area (Å²) in [7, 11) is 1.50. The van der Waals surface area contributed by atoms with Crippen LogP contribution in [0.25, 0.3) is 0 Å². The van der Waals surface area contributed by atoms with Crippen LogP contribution in [-0.2, 0) is 16.1 Å². The number of nitrogens with zero attached hydrogens (tertiary/aromatic N) is 2. The molecule has 0 saturated heterocycles. The fraction of sp³-hybridized carbons (Fsp3) is 0.389. The molecule has 1 aromatic carbocycles. The largest absolute Gasteiger partial charge is 0.383 e. The Bertz CT molecular complexity index is 989. The zero-order chi connectivity index (χ0) is 21.6. The van der Waals surface area contributed by atoms with E-state index in [1.807, 2.05) is 6.92 Å². The van der Waals surface area contributed by atoms with E-state index in [0.29, 0.717) is 28.7 Å². The van der Waals surface area contributed by atoms with Gasteiger partial charge in [-0.05, 0) is 24.6 Å². The molecular weight excluding hydrogens is 421 g/mol. The van der Waals surface area contributed by atoms with E-state index in [1.165, 1.54) is 22.6 Å². The van der Waals surface area contributed by atoms with Gasteiger partial charge in [0.2, 0.25) is 5.91 Å². The van der Waals surface area contributed by atoms with Crippen molar-refractivity contribution in [3.8, 4) is 0 Å². The van der Waals surface area contributed by atoms with Crippen LogP contribution in [0.4, 0.5) is 17.2 Å². The van der Waals surface area contributed by atoms with Crippen LogP contribution in [0.3, 0.4) is 0 Å². The second kappa shape index (κ2) is 10.3. The number of carbonyl (C=O) groups excluding carboxylic acids is 1. The Labute approximate surface area is 177 Å². The Morgan fingerprint density at radius 1 is 1.34 bits per heavy atom. The van der Waals surface area contributed by atoms with E-state index in [-0.39, 0.29) is 31.2 Å². The zero-order valence-corrected chi connectivity index (χ0v) is 17.6. The second-order valence-corrected chi connectivity index (χ2v) is 7.08. The first kappa shape index (κ1) is 22.8. The number of nitrogens with two attached hydrogens (primary N) is 1. The minimum Gasteiger partial charge on any atom is -0.383 e. The summed E-state index contributed by atoms with van der Waals surface area (Å²) < 4.78 is 6.34. The first-order valence-electron chi connectivity index (χ1n) is 8.89. The minimum atomic E-state index is -0.676. The number of nitrogens with one attached hydrogen (secondary N) is 2. The number of hydrogen-bond acceptors (Lipinski definition) is 6. The lowest BCUT2D eigenvalue weighted by Crippen LogP contribution is -2.42. The highest BCUT2D eigenvalue weighted by Crippen LogP contribution is 2.25. The van der Waals surface area contributed by atoms with Crippen LogP contribution < -0.4 is 27.2 Å². The van der Waals surface area contributed by atoms with E-state index in [2.05, 4.69) is 10.3 Å². The Morgan fingerprint density at radius 3 is 2.72 bits per heavy atom. The molecular formula is C18H23Cl2N5O4. The van der Waals surface area contributed by atoms with Gasteiger partial charge in [-0.25, -0.2) is 4.79 Å². The fourth-order valence-electron chi connectivity index (χ4n) is 2.76. The van der Waals surface area contributed by atoms with Gasteiger partial charge in [0.05, 0.1) is 23.9 Å². The zero-order valence-electron chi connectivity index (χ0n) is 16.1. The molecule has 1 aromatic heterocycles. The van der Waals surface area contributed by atoms with Gasteiger partial charge in [0, 0.05) is 25.2 Å². The summed E-state index contributed by atoms with van der Waals surface area (Å²) in [5.74, 6) is -0.456. The van der Waals surface area contributed by atoms with E-state index < -0.39 is 17.2 Å². The molecule has 0 radical (unpaired) electrons. The van der Waals surface area contributed by atoms with E-state index in [1.54, 1.807) is 12.1 Å². The monoisotopic (exact) mass is 443 g/mol. The standard InChI is InChI=1S/C18H23Cl2N5O4/c1-3-6-25-16(21)15(17(27)23-18(25)28)24(7-8-29-2)10-14(26)22-13-9-11(19)4-5-12(13)20/h4-5,9H,3,6-8,10,21H2,1-2H3,(H,22,26)(H,23,27,28). The van der Waals surface area contributed by atoms with Gasteiger partial charge in [-0.1, -0.05) is 30.1 Å². The van der Waals surface area contributed by atoms with Gasteiger partial charge < -0.3 is 20.7 Å². The van der Waals surface area contributed by atoms with E-state index in [0.717, 1.165) is 0 Å². The van der Waals surface area contributed by atoms with E-state index >= 15 is 0 Å². The number of aromatic nitrogens is 2. The number of halogens is 2. The van der Waals surface area contributed by atoms with Crippen LogP contribution in [0.15, 0.2) is 27.8 Å². The van der Waals surface area contributed by atoms with Gasteiger partial charge in [-0.15, -0.1) is 0 Å². The minimum absolute atomic E-state index is 0.00899. The number of rotatable bonds is 9. The average Bonchev–Trinajstić information content (AvgIpc) is 2.65. The molecule has 11 heteroatoms. The Kier molecular flexibility index (Phi) is 8.12. The van der Waals surface area contributed by atoms with Crippen molar-refractivity contribution in [2.45, 2.75) is 19.9 Å². The number of methoxy groups -OCH3 is 1. The third-order valence-electron chi connectivity index (χ3n) is 4.08. The number of ether oxygens (including phenoxy) is 1. The molecule has 2 rings (SSSR count). The lowest BCUT2D eigenvalue weighted by atomic mass is 10.3. The molecule has 2 aromatic rings. The molecule has 0 bridgehead atoms. The van der Waals surface area contributed by atoms with Crippen LogP contribution in [0.5, 0.6) is 0 Å². The van der Waals surface area contributed by atoms with Crippen molar-refractivity contribution in [2.75, 3.05) is 42.8 Å². The van der Waals surface area contributed by atoms with Crippen molar-refractivity contribution >= 4 is 46.3 Å². The number of nitrogen functional groups attached to an aromatic ring is 1. The fourth-order valence-corrected chi connectivity index (χ4v) is 3.09. The number of aromatic amines is 1. The molecule has 0 aliphatic carbocycles. The van der Waals surface area contributed by atoms with Gasteiger partial charge >= 0.3 is 5.69 Å². The summed E-state index contributed by atoms with van der Waals surface area (Å²) >= 11 is 12.0. The molecule has 0 aliphatic heterocycles. The van der Waals surface area contributed by atoms with Gasteiger partial charge in [-0.3, -0.25) is 19.1 Å². The van der Waals surface area contributed by atoms with Crippen LogP contribution in [-0.4, -0.2) is 42.3 Å². The van der Waals surface area contributed by atoms with Crippen molar-refractivity contribution in [1.29, 1.82) is 0 Å². The van der Waals surface area contributed by atoms with Gasteiger partial charge in [0.25, 0.3) is 5.56 Å². The van der Waals surface area contributed by atoms with E-state index in [9.17, 15) is 14.4 Å². The molecule has 4 N–H and O–H groups in total. The van der Waals surface area contributed by atoms with Gasteiger partial charge in [0.1, 0.15) is 11.5 Å². The summed E-state index contributed by atoms with van der Waals surface area (Å²) in [4.78, 5) is 40.8. The van der Waals surface area contributed by atoms with Crippen molar-refractivity contribution in [3.63, 3.8) is 0 Å². The van der Waals surface area contributed by atoms with Crippen LogP contribution in [0, 0.1) is 0 Å². The molecule has 1 heterocycles. The number of benzene rings is 1. The summed E-state index contributed by atoms with van der Waals surface area (Å²) in [5, 5.41) is 3.39. The number of amides is 1. The molecule has 0 unspecified atom stereocenters. The maximum absolute atomic E-state index is 12.6. The Balaban J connectivity index is 2.36. The molecule has 158 valence electrons. The average molecular weight is 444 g/mol. The van der Waals surface area contributed by atoms with Gasteiger partial charge in [0.15, 0.2) is 0 Å². The number of carbonyl (C=O) groups is 1. The van der Waals surface area contributed by atoms with Crippen molar-refractivity contribution in [1.82, 2.24) is 9.55 Å². The molecule has 0 fully saturated rings. The predicted octanol–water partition coefficient (Wildman–Crippen LogP) is 1.93. The lowest BCUT2D eigenvalue weighted by molar-refractivity contribution is -0.115. The topological polar surface area (TPSA) is 122 Å². The summed E-state index contributed by atoms with van der Waals surface area (Å²) in [6.45, 7) is 2.42. The SMILES string of the molecule is CCCn1c(N)c(N(CCOC)CC(=O)Nc2cc(Cl)ccc2Cl)c(=O)[nH]c1=O. The molecule has 0 saturated carbocycles. The van der Waals surface area contributed by atoms with Crippen LogP contribution in [0.2, 0.25) is 10.0 Å². The maximum atomic E-state index is 12.6. The summed E-state index contributed by atoms with van der Waals surface area (Å²) in [6, 6.07) is 4.68. The Morgan fingerprint density at radius 2 is 2.07 bits per heavy atom. The highest BCUT2D eigenvalue weighted by molar-refractivity contribution is 6.35. The van der Waals surface area contributed by atoms with Crippen molar-refractivity contribution in [2.24, 2.45) is 0 Å². The van der Waals surface area contributed by atoms with Crippen molar-refractivity contribution < 1.29 is 9.53 Å². The predicted molar refractivity (Wildman–Crippen MR) is 115 cm³/mol. The van der Waals surface area contributed by atoms with Crippen LogP contribution >= 0.6 is 23.2 Å².